The molecule has 0 saturated heterocycles. The maximum absolute atomic E-state index is 9.23. The molecular formula is C26H29N5O3Si. The van der Waals surface area contributed by atoms with Crippen LogP contribution < -0.4 is 4.74 Å². The number of fused-ring (bicyclic) bond motifs is 2. The Hall–Kier alpha value is -3.48. The van der Waals surface area contributed by atoms with Crippen molar-refractivity contribution >= 4 is 19.0 Å². The monoisotopic (exact) mass is 487 g/mol. The predicted octanol–water partition coefficient (Wildman–Crippen LogP) is 5.73. The zero-order valence-corrected chi connectivity index (χ0v) is 21.3. The lowest BCUT2D eigenvalue weighted by atomic mass is 9.88. The molecular weight excluding hydrogens is 458 g/mol. The maximum Gasteiger partial charge on any atom is 0.214 e. The van der Waals surface area contributed by atoms with Gasteiger partial charge in [0.1, 0.15) is 18.5 Å². The SMILES string of the molecule is C[Si](C)(C)CCOCn1nc(-c2cnco2)c2cc(OC3CCCc4cc(C#N)ccc43)ncc21. The van der Waals surface area contributed by atoms with E-state index < -0.39 is 8.07 Å². The van der Waals surface area contributed by atoms with Crippen LogP contribution in [0.5, 0.6) is 5.88 Å². The van der Waals surface area contributed by atoms with E-state index in [1.807, 2.05) is 28.9 Å². The van der Waals surface area contributed by atoms with Gasteiger partial charge in [0.05, 0.1) is 29.5 Å². The van der Waals surface area contributed by atoms with Gasteiger partial charge in [0.15, 0.2) is 12.2 Å². The normalized spacial score (nSPS) is 15.7. The molecule has 35 heavy (non-hydrogen) atoms. The summed E-state index contributed by atoms with van der Waals surface area (Å²) in [4.78, 5) is 8.66. The van der Waals surface area contributed by atoms with Crippen molar-refractivity contribution < 1.29 is 13.9 Å². The highest BCUT2D eigenvalue weighted by Crippen LogP contribution is 2.35. The quantitative estimate of drug-likeness (QED) is 0.231. The summed E-state index contributed by atoms with van der Waals surface area (Å²) in [5, 5.41) is 14.9. The first-order chi connectivity index (χ1) is 16.9. The first kappa shape index (κ1) is 23.3. The summed E-state index contributed by atoms with van der Waals surface area (Å²) in [7, 11) is -1.17. The summed E-state index contributed by atoms with van der Waals surface area (Å²) in [6.45, 7) is 8.05. The fourth-order valence-electron chi connectivity index (χ4n) is 4.37. The molecule has 0 N–H and O–H groups in total. The Morgan fingerprint density at radius 2 is 2.11 bits per heavy atom. The lowest BCUT2D eigenvalue weighted by molar-refractivity contribution is 0.0818. The molecule has 1 atom stereocenters. The van der Waals surface area contributed by atoms with Gasteiger partial charge in [-0.2, -0.15) is 10.4 Å². The van der Waals surface area contributed by atoms with Gasteiger partial charge in [-0.3, -0.25) is 0 Å². The Bertz CT molecular complexity index is 1370. The van der Waals surface area contributed by atoms with E-state index >= 15 is 0 Å². The van der Waals surface area contributed by atoms with E-state index in [0.29, 0.717) is 36.2 Å². The summed E-state index contributed by atoms with van der Waals surface area (Å²) < 4.78 is 19.7. The summed E-state index contributed by atoms with van der Waals surface area (Å²) in [5.74, 6) is 1.11. The number of hydrogen-bond acceptors (Lipinski definition) is 7. The molecule has 0 spiro atoms. The lowest BCUT2D eigenvalue weighted by Crippen LogP contribution is -2.22. The molecule has 9 heteroatoms. The van der Waals surface area contributed by atoms with E-state index in [4.69, 9.17) is 19.0 Å². The number of nitrogens with zero attached hydrogens (tertiary/aromatic N) is 5. The molecule has 0 aliphatic heterocycles. The Kier molecular flexibility index (Phi) is 6.41. The van der Waals surface area contributed by atoms with Crippen LogP contribution in [-0.2, 0) is 17.9 Å². The van der Waals surface area contributed by atoms with Gasteiger partial charge in [-0.05, 0) is 48.6 Å². The van der Waals surface area contributed by atoms with E-state index in [1.165, 1.54) is 12.0 Å². The molecule has 0 fully saturated rings. The number of oxazole rings is 1. The van der Waals surface area contributed by atoms with E-state index in [1.54, 1.807) is 12.4 Å². The van der Waals surface area contributed by atoms with Crippen LogP contribution in [0, 0.1) is 11.3 Å². The minimum Gasteiger partial charge on any atom is -0.469 e. The van der Waals surface area contributed by atoms with E-state index in [0.717, 1.165) is 41.8 Å². The van der Waals surface area contributed by atoms with Gasteiger partial charge in [0.25, 0.3) is 0 Å². The van der Waals surface area contributed by atoms with Crippen LogP contribution in [-0.4, -0.2) is 34.4 Å². The van der Waals surface area contributed by atoms with Crippen molar-refractivity contribution in [1.82, 2.24) is 19.7 Å². The van der Waals surface area contributed by atoms with Crippen molar-refractivity contribution in [2.45, 2.75) is 57.8 Å². The van der Waals surface area contributed by atoms with Gasteiger partial charge in [0.2, 0.25) is 5.88 Å². The van der Waals surface area contributed by atoms with Gasteiger partial charge in [0, 0.05) is 26.1 Å². The molecule has 1 aromatic carbocycles. The number of nitriles is 1. The standard InChI is InChI=1S/C26H29N5O3Si/c1-35(2,3)10-9-32-17-31-22-14-29-25(12-21(22)26(30-31)24-15-28-16-33-24)34-23-6-4-5-19-11-18(13-27)7-8-20(19)23/h7-8,11-12,14-16,23H,4-6,9-10,17H2,1-3H3. The second-order valence-electron chi connectivity index (χ2n) is 10.1. The molecule has 4 aromatic rings. The van der Waals surface area contributed by atoms with Crippen LogP contribution in [0.15, 0.2) is 47.5 Å². The highest BCUT2D eigenvalue weighted by Gasteiger charge is 2.24. The van der Waals surface area contributed by atoms with Crippen LogP contribution in [0.25, 0.3) is 22.4 Å². The molecule has 0 saturated carbocycles. The topological polar surface area (TPSA) is 99.0 Å². The highest BCUT2D eigenvalue weighted by atomic mass is 28.3. The van der Waals surface area contributed by atoms with Crippen molar-refractivity contribution in [1.29, 1.82) is 5.26 Å². The minimum absolute atomic E-state index is 0.106. The number of hydrogen-bond donors (Lipinski definition) is 0. The van der Waals surface area contributed by atoms with Crippen molar-refractivity contribution in [2.24, 2.45) is 0 Å². The van der Waals surface area contributed by atoms with Crippen molar-refractivity contribution in [3.63, 3.8) is 0 Å². The van der Waals surface area contributed by atoms with Crippen LogP contribution in [0.3, 0.4) is 0 Å². The number of pyridine rings is 1. The molecule has 3 heterocycles. The fraction of sp³-hybridized carbons (Fsp3) is 0.385. The van der Waals surface area contributed by atoms with Gasteiger partial charge in [-0.15, -0.1) is 0 Å². The second-order valence-corrected chi connectivity index (χ2v) is 15.7. The van der Waals surface area contributed by atoms with Gasteiger partial charge in [-0.25, -0.2) is 14.6 Å². The molecule has 0 radical (unpaired) electrons. The Balaban J connectivity index is 1.42. The number of aromatic nitrogens is 4. The third-order valence-electron chi connectivity index (χ3n) is 6.28. The van der Waals surface area contributed by atoms with Crippen LogP contribution >= 0.6 is 0 Å². The molecule has 0 bridgehead atoms. The first-order valence-electron chi connectivity index (χ1n) is 11.9. The van der Waals surface area contributed by atoms with Gasteiger partial charge in [-0.1, -0.05) is 25.7 Å². The second kappa shape index (κ2) is 9.64. The zero-order valence-electron chi connectivity index (χ0n) is 20.3. The molecule has 8 nitrogen and oxygen atoms in total. The molecule has 1 unspecified atom stereocenters. The third kappa shape index (κ3) is 5.14. The van der Waals surface area contributed by atoms with Gasteiger partial charge < -0.3 is 13.9 Å². The van der Waals surface area contributed by atoms with E-state index in [-0.39, 0.29) is 6.10 Å². The molecule has 1 aliphatic rings. The van der Waals surface area contributed by atoms with E-state index in [2.05, 4.69) is 35.7 Å². The Morgan fingerprint density at radius 3 is 2.89 bits per heavy atom. The maximum atomic E-state index is 9.23. The fourth-order valence-corrected chi connectivity index (χ4v) is 5.12. The zero-order chi connectivity index (χ0) is 24.4. The number of ether oxygens (including phenoxy) is 2. The molecule has 3 aromatic heterocycles. The van der Waals surface area contributed by atoms with Crippen molar-refractivity contribution in [2.75, 3.05) is 6.61 Å². The average Bonchev–Trinajstić information content (AvgIpc) is 3.49. The Morgan fingerprint density at radius 1 is 1.23 bits per heavy atom. The summed E-state index contributed by atoms with van der Waals surface area (Å²) >= 11 is 0. The lowest BCUT2D eigenvalue weighted by Gasteiger charge is -2.26. The predicted molar refractivity (Wildman–Crippen MR) is 135 cm³/mol. The van der Waals surface area contributed by atoms with E-state index in [9.17, 15) is 5.26 Å². The highest BCUT2D eigenvalue weighted by molar-refractivity contribution is 6.76. The smallest absolute Gasteiger partial charge is 0.214 e. The molecule has 180 valence electrons. The summed E-state index contributed by atoms with van der Waals surface area (Å²) in [6.07, 6.45) is 7.59. The minimum atomic E-state index is -1.17. The largest absolute Gasteiger partial charge is 0.469 e. The average molecular weight is 488 g/mol. The summed E-state index contributed by atoms with van der Waals surface area (Å²) in [6, 6.07) is 11.1. The molecule has 0 amide bonds. The Labute approximate surface area is 205 Å². The summed E-state index contributed by atoms with van der Waals surface area (Å²) in [5.41, 5.74) is 4.51. The van der Waals surface area contributed by atoms with Crippen LogP contribution in [0.2, 0.25) is 25.7 Å². The van der Waals surface area contributed by atoms with Crippen LogP contribution in [0.1, 0.15) is 35.6 Å². The first-order valence-corrected chi connectivity index (χ1v) is 15.6. The van der Waals surface area contributed by atoms with Crippen molar-refractivity contribution in [3.05, 3.63) is 59.7 Å². The third-order valence-corrected chi connectivity index (χ3v) is 7.99. The van der Waals surface area contributed by atoms with Crippen LogP contribution in [0.4, 0.5) is 0 Å². The van der Waals surface area contributed by atoms with Crippen molar-refractivity contribution in [3.8, 4) is 23.4 Å². The molecule has 1 aliphatic carbocycles. The van der Waals surface area contributed by atoms with Gasteiger partial charge >= 0.3 is 0 Å². The number of aryl methyl sites for hydroxylation is 1. The number of rotatable bonds is 8. The molecule has 5 rings (SSSR count). The number of benzene rings is 1.